The summed E-state index contributed by atoms with van der Waals surface area (Å²) >= 11 is 0. The Bertz CT molecular complexity index is 196. The molecule has 0 amide bonds. The van der Waals surface area contributed by atoms with Crippen LogP contribution >= 0.6 is 8.25 Å². The Morgan fingerprint density at radius 3 is 3.00 bits per heavy atom. The number of hydrogen-bond donors (Lipinski definition) is 2. The predicted molar refractivity (Wildman–Crippen MR) is 31.2 cm³/mol. The molecular weight excluding hydrogens is 141 g/mol. The molecule has 0 saturated carbocycles. The summed E-state index contributed by atoms with van der Waals surface area (Å²) in [5.41, 5.74) is 0. The minimum absolute atomic E-state index is 0.304. The van der Waals surface area contributed by atoms with Crippen molar-refractivity contribution in [2.24, 2.45) is 0 Å². The Kier molecular flexibility index (Phi) is 1.82. The molecule has 1 atom stereocenters. The summed E-state index contributed by atoms with van der Waals surface area (Å²) < 4.78 is 14.3. The van der Waals surface area contributed by atoms with Crippen molar-refractivity contribution in [3.8, 4) is 5.88 Å². The average Bonchev–Trinajstić information content (AvgIpc) is 2.15. The van der Waals surface area contributed by atoms with Crippen LogP contribution in [0.1, 0.15) is 0 Å². The summed E-state index contributed by atoms with van der Waals surface area (Å²) in [5, 5.41) is 0. The van der Waals surface area contributed by atoms with Gasteiger partial charge in [0.25, 0.3) is 5.88 Å². The highest BCUT2D eigenvalue weighted by Crippen LogP contribution is 2.19. The number of aromatic amines is 1. The van der Waals surface area contributed by atoms with E-state index in [0.717, 1.165) is 0 Å². The molecule has 0 bridgehead atoms. The van der Waals surface area contributed by atoms with Gasteiger partial charge in [-0.1, -0.05) is 0 Å². The van der Waals surface area contributed by atoms with Crippen LogP contribution < -0.4 is 4.52 Å². The lowest BCUT2D eigenvalue weighted by Crippen LogP contribution is -1.77. The van der Waals surface area contributed by atoms with Crippen LogP contribution in [0.3, 0.4) is 0 Å². The second kappa shape index (κ2) is 2.62. The van der Waals surface area contributed by atoms with E-state index in [9.17, 15) is 4.57 Å². The van der Waals surface area contributed by atoms with Gasteiger partial charge in [0.1, 0.15) is 0 Å². The highest BCUT2D eigenvalue weighted by atomic mass is 31.1. The first-order valence-corrected chi connectivity index (χ1v) is 3.39. The minimum atomic E-state index is -2.53. The summed E-state index contributed by atoms with van der Waals surface area (Å²) in [6, 6.07) is 3.23. The maximum absolute atomic E-state index is 9.97. The van der Waals surface area contributed by atoms with E-state index in [1.165, 1.54) is 0 Å². The minimum Gasteiger partial charge on any atom is -0.328 e. The quantitative estimate of drug-likeness (QED) is 0.612. The molecular formula is C4H5NO3P+. The lowest BCUT2D eigenvalue weighted by atomic mass is 10.7. The zero-order chi connectivity index (χ0) is 6.69. The van der Waals surface area contributed by atoms with Gasteiger partial charge in [-0.05, 0) is 6.07 Å². The standard InChI is InChI=1S/C4H4NO3P/c6-9(7)8-4-2-1-3-5-4/h1-3,5H/p+1. The van der Waals surface area contributed by atoms with Crippen molar-refractivity contribution in [2.75, 3.05) is 0 Å². The van der Waals surface area contributed by atoms with Gasteiger partial charge in [-0.15, -0.1) is 4.89 Å². The van der Waals surface area contributed by atoms with Crippen molar-refractivity contribution in [3.63, 3.8) is 0 Å². The van der Waals surface area contributed by atoms with E-state index in [-0.39, 0.29) is 0 Å². The third kappa shape index (κ3) is 1.83. The summed E-state index contributed by atoms with van der Waals surface area (Å²) in [4.78, 5) is 10.8. The normalized spacial score (nSPS) is 11.0. The van der Waals surface area contributed by atoms with Gasteiger partial charge < -0.3 is 4.98 Å². The van der Waals surface area contributed by atoms with E-state index in [4.69, 9.17) is 4.89 Å². The van der Waals surface area contributed by atoms with Crippen molar-refractivity contribution in [3.05, 3.63) is 18.3 Å². The van der Waals surface area contributed by atoms with E-state index >= 15 is 0 Å². The molecule has 0 aliphatic carbocycles. The molecule has 1 rings (SSSR count). The van der Waals surface area contributed by atoms with Crippen LogP contribution in [-0.2, 0) is 4.57 Å². The summed E-state index contributed by atoms with van der Waals surface area (Å²) in [6.07, 6.45) is 1.61. The first kappa shape index (κ1) is 6.26. The van der Waals surface area contributed by atoms with E-state index < -0.39 is 8.25 Å². The lowest BCUT2D eigenvalue weighted by Gasteiger charge is -1.78. The highest BCUT2D eigenvalue weighted by molar-refractivity contribution is 7.32. The largest absolute Gasteiger partial charge is 0.748 e. The lowest BCUT2D eigenvalue weighted by molar-refractivity contribution is 0.405. The summed E-state index contributed by atoms with van der Waals surface area (Å²) in [7, 11) is -2.53. The fourth-order valence-corrected chi connectivity index (χ4v) is 0.737. The van der Waals surface area contributed by atoms with Crippen LogP contribution in [0.5, 0.6) is 5.88 Å². The molecule has 1 aromatic heterocycles. The first-order chi connectivity index (χ1) is 4.29. The summed E-state index contributed by atoms with van der Waals surface area (Å²) in [6.45, 7) is 0. The van der Waals surface area contributed by atoms with E-state index in [2.05, 4.69) is 9.51 Å². The van der Waals surface area contributed by atoms with Crippen molar-refractivity contribution >= 4 is 8.25 Å². The number of H-pyrrole nitrogens is 1. The molecule has 0 spiro atoms. The van der Waals surface area contributed by atoms with Crippen LogP contribution in [0.2, 0.25) is 0 Å². The molecule has 9 heavy (non-hydrogen) atoms. The molecule has 0 radical (unpaired) electrons. The maximum atomic E-state index is 9.97. The molecule has 1 heterocycles. The van der Waals surface area contributed by atoms with Gasteiger partial charge in [0.05, 0.1) is 0 Å². The van der Waals surface area contributed by atoms with Crippen molar-refractivity contribution in [1.29, 1.82) is 0 Å². The van der Waals surface area contributed by atoms with Gasteiger partial charge in [0, 0.05) is 16.8 Å². The zero-order valence-electron chi connectivity index (χ0n) is 4.44. The van der Waals surface area contributed by atoms with Gasteiger partial charge >= 0.3 is 8.25 Å². The third-order valence-corrected chi connectivity index (χ3v) is 1.10. The highest BCUT2D eigenvalue weighted by Gasteiger charge is 2.13. The van der Waals surface area contributed by atoms with Crippen LogP contribution in [0.15, 0.2) is 18.3 Å². The van der Waals surface area contributed by atoms with Crippen LogP contribution in [-0.4, -0.2) is 9.88 Å². The molecule has 0 aliphatic rings. The van der Waals surface area contributed by atoms with Crippen molar-refractivity contribution in [1.82, 2.24) is 4.98 Å². The molecule has 5 heteroatoms. The molecule has 1 unspecified atom stereocenters. The Labute approximate surface area is 52.4 Å². The van der Waals surface area contributed by atoms with Gasteiger partial charge in [-0.2, -0.15) is 0 Å². The summed E-state index contributed by atoms with van der Waals surface area (Å²) in [5.74, 6) is 0.304. The predicted octanol–water partition coefficient (Wildman–Crippen LogP) is 1.04. The molecule has 0 aliphatic heterocycles. The molecule has 0 saturated heterocycles. The third-order valence-electron chi connectivity index (χ3n) is 0.746. The Morgan fingerprint density at radius 2 is 2.56 bits per heavy atom. The molecule has 0 fully saturated rings. The van der Waals surface area contributed by atoms with Crippen LogP contribution in [0, 0.1) is 0 Å². The number of aromatic nitrogens is 1. The maximum Gasteiger partial charge on any atom is 0.748 e. The van der Waals surface area contributed by atoms with E-state index in [1.807, 2.05) is 0 Å². The van der Waals surface area contributed by atoms with Crippen LogP contribution in [0.25, 0.3) is 0 Å². The smallest absolute Gasteiger partial charge is 0.328 e. The second-order valence-corrected chi connectivity index (χ2v) is 2.02. The Morgan fingerprint density at radius 1 is 1.78 bits per heavy atom. The molecule has 4 nitrogen and oxygen atoms in total. The topological polar surface area (TPSA) is 62.3 Å². The van der Waals surface area contributed by atoms with Gasteiger partial charge in [-0.25, -0.2) is 4.52 Å². The first-order valence-electron chi connectivity index (χ1n) is 2.26. The Hall–Kier alpha value is -0.860. The molecule has 0 aromatic carbocycles. The monoisotopic (exact) mass is 146 g/mol. The van der Waals surface area contributed by atoms with Crippen LogP contribution in [0.4, 0.5) is 0 Å². The molecule has 48 valence electrons. The zero-order valence-corrected chi connectivity index (χ0v) is 5.34. The number of nitrogens with one attached hydrogen (secondary N) is 1. The SMILES string of the molecule is O=[P+](O)Oc1ccc[nH]1. The molecule has 1 aromatic rings. The van der Waals surface area contributed by atoms with Crippen molar-refractivity contribution < 1.29 is 14.0 Å². The fraction of sp³-hybridized carbons (Fsp3) is 0. The van der Waals surface area contributed by atoms with E-state index in [0.29, 0.717) is 5.88 Å². The van der Waals surface area contributed by atoms with Gasteiger partial charge in [0.2, 0.25) is 0 Å². The van der Waals surface area contributed by atoms with Crippen molar-refractivity contribution in [2.45, 2.75) is 0 Å². The Balaban J connectivity index is 2.58. The fourth-order valence-electron chi connectivity index (χ4n) is 0.455. The second-order valence-electron chi connectivity index (χ2n) is 1.36. The van der Waals surface area contributed by atoms with E-state index in [1.54, 1.807) is 18.3 Å². The molecule has 2 N–H and O–H groups in total. The average molecular weight is 146 g/mol. The van der Waals surface area contributed by atoms with Gasteiger partial charge in [0.15, 0.2) is 0 Å². The number of hydrogen-bond acceptors (Lipinski definition) is 2. The van der Waals surface area contributed by atoms with Gasteiger partial charge in [-0.3, -0.25) is 0 Å². The number of rotatable bonds is 2.